The van der Waals surface area contributed by atoms with E-state index >= 15 is 0 Å². The average molecular weight is 317 g/mol. The maximum Gasteiger partial charge on any atom is 0.220 e. The molecule has 0 saturated heterocycles. The number of hydrogen-bond donors (Lipinski definition) is 1. The molecular weight excluding hydrogens is 302 g/mol. The van der Waals surface area contributed by atoms with Crippen LogP contribution in [0.5, 0.6) is 0 Å². The summed E-state index contributed by atoms with van der Waals surface area (Å²) in [5.74, 6) is 0.133. The summed E-state index contributed by atoms with van der Waals surface area (Å²) < 4.78 is 0.963. The van der Waals surface area contributed by atoms with E-state index in [1.807, 2.05) is 18.2 Å². The number of amides is 1. The number of halogens is 2. The molecule has 0 aliphatic heterocycles. The van der Waals surface area contributed by atoms with E-state index in [2.05, 4.69) is 21.2 Å². The van der Waals surface area contributed by atoms with Gasteiger partial charge in [-0.25, -0.2) is 0 Å². The summed E-state index contributed by atoms with van der Waals surface area (Å²) >= 11 is 9.46. The smallest absolute Gasteiger partial charge is 0.220 e. The molecule has 0 radical (unpaired) electrons. The van der Waals surface area contributed by atoms with Crippen LogP contribution >= 0.6 is 27.5 Å². The van der Waals surface area contributed by atoms with Gasteiger partial charge in [0.2, 0.25) is 5.91 Å². The zero-order valence-electron chi connectivity index (χ0n) is 9.51. The lowest BCUT2D eigenvalue weighted by Crippen LogP contribution is -2.39. The minimum absolute atomic E-state index is 0.133. The third-order valence-corrected chi connectivity index (χ3v) is 3.95. The number of carbonyl (C=O) groups excluding carboxylic acids is 1. The number of hydrogen-bond acceptors (Lipinski definition) is 1. The van der Waals surface area contributed by atoms with Crippen molar-refractivity contribution in [2.24, 2.45) is 0 Å². The van der Waals surface area contributed by atoms with Crippen molar-refractivity contribution in [1.29, 1.82) is 0 Å². The highest BCUT2D eigenvalue weighted by Gasteiger charge is 2.19. The average Bonchev–Trinajstić information content (AvgIpc) is 2.22. The lowest BCUT2D eigenvalue weighted by molar-refractivity contribution is -0.122. The molecule has 2 nitrogen and oxygen atoms in total. The van der Waals surface area contributed by atoms with E-state index in [9.17, 15) is 4.79 Å². The molecule has 92 valence electrons. The fourth-order valence-electron chi connectivity index (χ4n) is 1.83. The van der Waals surface area contributed by atoms with Crippen LogP contribution in [-0.2, 0) is 11.2 Å². The van der Waals surface area contributed by atoms with Crippen molar-refractivity contribution in [2.75, 3.05) is 0 Å². The van der Waals surface area contributed by atoms with Crippen molar-refractivity contribution in [3.63, 3.8) is 0 Å². The summed E-state index contributed by atoms with van der Waals surface area (Å²) in [7, 11) is 0. The summed E-state index contributed by atoms with van der Waals surface area (Å²) in [6, 6.07) is 6.19. The Morgan fingerprint density at radius 2 is 2.24 bits per heavy atom. The SMILES string of the molecule is O=C(CCc1ccc(Br)cc1Cl)NC1CCC1. The molecule has 1 N–H and O–H groups in total. The highest BCUT2D eigenvalue weighted by Crippen LogP contribution is 2.23. The number of nitrogens with one attached hydrogen (secondary N) is 1. The van der Waals surface area contributed by atoms with Crippen LogP contribution in [-0.4, -0.2) is 11.9 Å². The van der Waals surface area contributed by atoms with E-state index < -0.39 is 0 Å². The Bertz CT molecular complexity index is 418. The fourth-order valence-corrected chi connectivity index (χ4v) is 2.59. The van der Waals surface area contributed by atoms with E-state index in [-0.39, 0.29) is 5.91 Å². The Morgan fingerprint density at radius 3 is 2.82 bits per heavy atom. The van der Waals surface area contributed by atoms with Crippen molar-refractivity contribution in [3.8, 4) is 0 Å². The van der Waals surface area contributed by atoms with E-state index in [4.69, 9.17) is 11.6 Å². The van der Waals surface area contributed by atoms with E-state index in [1.165, 1.54) is 6.42 Å². The Morgan fingerprint density at radius 1 is 1.47 bits per heavy atom. The molecule has 1 amide bonds. The van der Waals surface area contributed by atoms with Crippen molar-refractivity contribution in [2.45, 2.75) is 38.1 Å². The molecule has 0 unspecified atom stereocenters. The molecule has 1 aliphatic carbocycles. The zero-order valence-corrected chi connectivity index (χ0v) is 11.9. The maximum atomic E-state index is 11.6. The number of rotatable bonds is 4. The summed E-state index contributed by atoms with van der Waals surface area (Å²) in [6.45, 7) is 0. The van der Waals surface area contributed by atoms with Gasteiger partial charge < -0.3 is 5.32 Å². The monoisotopic (exact) mass is 315 g/mol. The van der Waals surface area contributed by atoms with Crippen molar-refractivity contribution >= 4 is 33.4 Å². The molecule has 1 aromatic carbocycles. The van der Waals surface area contributed by atoms with E-state index in [0.29, 0.717) is 18.9 Å². The van der Waals surface area contributed by atoms with Gasteiger partial charge in [0.25, 0.3) is 0 Å². The lowest BCUT2D eigenvalue weighted by atomic mass is 9.93. The summed E-state index contributed by atoms with van der Waals surface area (Å²) in [6.07, 6.45) is 4.71. The normalized spacial score (nSPS) is 15.4. The summed E-state index contributed by atoms with van der Waals surface area (Å²) in [5.41, 5.74) is 1.03. The predicted octanol–water partition coefficient (Wildman–Crippen LogP) is 3.70. The molecule has 1 saturated carbocycles. The highest BCUT2D eigenvalue weighted by molar-refractivity contribution is 9.10. The molecule has 2 rings (SSSR count). The maximum absolute atomic E-state index is 11.6. The van der Waals surface area contributed by atoms with Crippen molar-refractivity contribution < 1.29 is 4.79 Å². The van der Waals surface area contributed by atoms with Gasteiger partial charge >= 0.3 is 0 Å². The molecule has 0 bridgehead atoms. The van der Waals surface area contributed by atoms with Gasteiger partial charge in [0.1, 0.15) is 0 Å². The quantitative estimate of drug-likeness (QED) is 0.901. The first kappa shape index (κ1) is 12.9. The Balaban J connectivity index is 1.82. The molecule has 1 aliphatic rings. The van der Waals surface area contributed by atoms with Crippen LogP contribution in [0.15, 0.2) is 22.7 Å². The first-order chi connectivity index (χ1) is 8.15. The van der Waals surface area contributed by atoms with Gasteiger partial charge in [-0.05, 0) is 43.4 Å². The number of carbonyl (C=O) groups is 1. The Hall–Kier alpha value is -0.540. The minimum Gasteiger partial charge on any atom is -0.353 e. The van der Waals surface area contributed by atoms with Crippen LogP contribution in [0.3, 0.4) is 0 Å². The highest BCUT2D eigenvalue weighted by atomic mass is 79.9. The molecular formula is C13H15BrClNO. The first-order valence-corrected chi connectivity index (χ1v) is 7.05. The van der Waals surface area contributed by atoms with Gasteiger partial charge in [-0.1, -0.05) is 33.6 Å². The molecule has 0 heterocycles. The second-order valence-corrected chi connectivity index (χ2v) is 5.75. The third kappa shape index (κ3) is 3.71. The topological polar surface area (TPSA) is 29.1 Å². The Labute approximate surface area is 115 Å². The van der Waals surface area contributed by atoms with Crippen molar-refractivity contribution in [3.05, 3.63) is 33.3 Å². The van der Waals surface area contributed by atoms with Crippen LogP contribution in [0, 0.1) is 0 Å². The van der Waals surface area contributed by atoms with Gasteiger partial charge in [-0.15, -0.1) is 0 Å². The van der Waals surface area contributed by atoms with Crippen LogP contribution in [0.1, 0.15) is 31.2 Å². The molecule has 0 atom stereocenters. The first-order valence-electron chi connectivity index (χ1n) is 5.88. The third-order valence-electron chi connectivity index (χ3n) is 3.11. The standard InChI is InChI=1S/C13H15BrClNO/c14-10-6-4-9(12(15)8-10)5-7-13(17)16-11-2-1-3-11/h4,6,8,11H,1-3,5,7H2,(H,16,17). The molecule has 0 spiro atoms. The molecule has 0 aromatic heterocycles. The second-order valence-electron chi connectivity index (χ2n) is 4.43. The molecule has 1 aromatic rings. The van der Waals surface area contributed by atoms with E-state index in [1.54, 1.807) is 0 Å². The minimum atomic E-state index is 0.133. The number of aryl methyl sites for hydroxylation is 1. The van der Waals surface area contributed by atoms with Crippen LogP contribution in [0.4, 0.5) is 0 Å². The summed E-state index contributed by atoms with van der Waals surface area (Å²) in [4.78, 5) is 11.6. The molecule has 4 heteroatoms. The second kappa shape index (κ2) is 5.87. The van der Waals surface area contributed by atoms with Crippen molar-refractivity contribution in [1.82, 2.24) is 5.32 Å². The predicted molar refractivity (Wildman–Crippen MR) is 73.3 cm³/mol. The van der Waals surface area contributed by atoms with Gasteiger partial charge in [0, 0.05) is 22.0 Å². The van der Waals surface area contributed by atoms with Gasteiger partial charge in [-0.2, -0.15) is 0 Å². The number of benzene rings is 1. The van der Waals surface area contributed by atoms with E-state index in [0.717, 1.165) is 27.9 Å². The van der Waals surface area contributed by atoms with Crippen LogP contribution in [0.2, 0.25) is 5.02 Å². The fraction of sp³-hybridized carbons (Fsp3) is 0.462. The van der Waals surface area contributed by atoms with Gasteiger partial charge in [0.05, 0.1) is 0 Å². The molecule has 1 fully saturated rings. The van der Waals surface area contributed by atoms with Crippen LogP contribution in [0.25, 0.3) is 0 Å². The zero-order chi connectivity index (χ0) is 12.3. The van der Waals surface area contributed by atoms with Gasteiger partial charge in [-0.3, -0.25) is 4.79 Å². The molecule has 17 heavy (non-hydrogen) atoms. The lowest BCUT2D eigenvalue weighted by Gasteiger charge is -2.26. The Kier molecular flexibility index (Phi) is 4.46. The van der Waals surface area contributed by atoms with Gasteiger partial charge in [0.15, 0.2) is 0 Å². The largest absolute Gasteiger partial charge is 0.353 e. The van der Waals surface area contributed by atoms with Crippen LogP contribution < -0.4 is 5.32 Å². The summed E-state index contributed by atoms with van der Waals surface area (Å²) in [5, 5.41) is 3.74.